The van der Waals surface area contributed by atoms with E-state index < -0.39 is 143 Å². The van der Waals surface area contributed by atoms with E-state index in [-0.39, 0.29) is 67.8 Å². The quantitative estimate of drug-likeness (QED) is 0.108. The van der Waals surface area contributed by atoms with E-state index in [2.05, 4.69) is 85.3 Å². The van der Waals surface area contributed by atoms with Gasteiger partial charge in [-0.15, -0.1) is 4.90 Å². The summed E-state index contributed by atoms with van der Waals surface area (Å²) in [5, 5.41) is 0. The van der Waals surface area contributed by atoms with Gasteiger partial charge in [0.25, 0.3) is 0 Å². The number of rotatable bonds is 15. The Kier molecular flexibility index (Phi) is 52.5. The van der Waals surface area contributed by atoms with E-state index in [1.807, 2.05) is 41.5 Å². The summed E-state index contributed by atoms with van der Waals surface area (Å²) in [6, 6.07) is 11.9. The van der Waals surface area contributed by atoms with Gasteiger partial charge in [0.1, 0.15) is 0 Å². The molecular weight excluding hydrogens is 1430 g/mol. The summed E-state index contributed by atoms with van der Waals surface area (Å²) in [7, 11) is 21.2. The molecule has 3 aromatic rings. The normalized spacial score (nSPS) is 14.7. The Morgan fingerprint density at radius 3 is 0.813 bits per heavy atom. The van der Waals surface area contributed by atoms with E-state index >= 15 is 0 Å². The number of hydrogen-bond acceptors (Lipinski definition) is 36. The maximum Gasteiger partial charge on any atom is 0.428 e. The van der Waals surface area contributed by atoms with Crippen molar-refractivity contribution in [3.63, 3.8) is 0 Å². The van der Waals surface area contributed by atoms with Crippen LogP contribution in [0.2, 0.25) is 0 Å². The van der Waals surface area contributed by atoms with Crippen molar-refractivity contribution in [3.8, 4) is 0 Å². The van der Waals surface area contributed by atoms with Crippen molar-refractivity contribution in [1.29, 1.82) is 0 Å². The molecule has 37 heteroatoms. The molecule has 5 rings (SSSR count). The largest absolute Gasteiger partial charge is 0.469 e. The first-order valence-corrected chi connectivity index (χ1v) is 31.5. The third-order valence-electron chi connectivity index (χ3n) is 14.0. The molecule has 0 aliphatic heterocycles. The molecule has 2 fully saturated rings. The summed E-state index contributed by atoms with van der Waals surface area (Å²) in [5.41, 5.74) is 0.0652. The van der Waals surface area contributed by atoms with Crippen LogP contribution in [0.15, 0.2) is 54.6 Å². The van der Waals surface area contributed by atoms with Gasteiger partial charge in [-0.05, 0) is 74.2 Å². The van der Waals surface area contributed by atoms with Crippen LogP contribution in [0, 0.1) is 35.5 Å². The minimum atomic E-state index is -1.17. The second kappa shape index (κ2) is 55.5. The molecular formula is C70H95NO36. The number of methoxy groups -OCH3 is 18. The summed E-state index contributed by atoms with van der Waals surface area (Å²) in [4.78, 5) is 205. The van der Waals surface area contributed by atoms with Crippen molar-refractivity contribution in [1.82, 2.24) is 4.90 Å². The van der Waals surface area contributed by atoms with Crippen molar-refractivity contribution in [3.05, 3.63) is 105 Å². The number of carbonyl (C=O) groups excluding carboxylic acids is 18. The monoisotopic (exact) mass is 1530 g/mol. The number of hydrogen-bond donors (Lipinski definition) is 0. The first-order valence-electron chi connectivity index (χ1n) is 31.5. The van der Waals surface area contributed by atoms with Crippen molar-refractivity contribution >= 4 is 108 Å². The minimum Gasteiger partial charge on any atom is -0.469 e. The lowest BCUT2D eigenvalue weighted by Crippen LogP contribution is -2.41. The first-order chi connectivity index (χ1) is 50.8. The average molecular weight is 1530 g/mol. The summed E-state index contributed by atoms with van der Waals surface area (Å²) < 4.78 is 81.0. The molecule has 0 radical (unpaired) electrons. The summed E-state index contributed by atoms with van der Waals surface area (Å²) in [5.74, 6) is -13.0. The van der Waals surface area contributed by atoms with Crippen molar-refractivity contribution in [2.45, 2.75) is 67.2 Å². The molecule has 2 saturated carbocycles. The lowest BCUT2D eigenvalue weighted by atomic mass is 9.89. The van der Waals surface area contributed by atoms with Crippen LogP contribution in [0.5, 0.6) is 0 Å². The molecule has 0 bridgehead atoms. The lowest BCUT2D eigenvalue weighted by molar-refractivity contribution is -0.162. The molecule has 4 unspecified atom stereocenters. The molecule has 3 aromatic carbocycles. The average Bonchev–Trinajstić information content (AvgIpc) is 1.78. The Morgan fingerprint density at radius 2 is 0.533 bits per heavy atom. The van der Waals surface area contributed by atoms with Gasteiger partial charge >= 0.3 is 108 Å². The molecule has 0 heterocycles. The van der Waals surface area contributed by atoms with Crippen molar-refractivity contribution < 1.29 is 172 Å². The summed E-state index contributed by atoms with van der Waals surface area (Å²) in [6.07, 6.45) is -2.13. The van der Waals surface area contributed by atoms with Gasteiger partial charge in [0.2, 0.25) is 0 Å². The standard InChI is InChI=1S/3C12H12O6.2C11H16O6.C6H9NO6.3C2H6/c1-16-10(13)7-4-8(11(14)17-2)6-9(5-7)12(15)18-3;1-16-10(13)7-4-5-8(11(14)17-2)9(6-7)12(15)18-3;1-16-10(13)7-5-4-6-8(11(14)17-2)9(7)12(15)18-3;1-15-9(12)6-4-7(10(13)16-2)8(5-6)11(14)17-3;1-15-9(12)6-4-5-7(10(13)16-2)8(6)11(14)17-3;1-11-4(8)7(5(9)12-2)6(10)13-3;3*1-2/h3*4-6H,1-3H3;2*6-8H,4-5H2,1-3H3;1-3H3;3*1-2H3. The lowest BCUT2D eigenvalue weighted by Gasteiger charge is -2.19. The van der Waals surface area contributed by atoms with Crippen LogP contribution in [-0.2, 0) is 114 Å². The van der Waals surface area contributed by atoms with E-state index in [0.717, 1.165) is 28.4 Å². The SMILES string of the molecule is CC.CC.CC.COC(=O)C1CC(C(=O)OC)C(C(=O)OC)C1.COC(=O)C1CCC(C(=O)OC)C1C(=O)OC.COC(=O)N(C(=O)OC)C(=O)OC.COC(=O)c1cc(C(=O)OC)cc(C(=O)OC)c1.COC(=O)c1ccc(C(=O)OC)c(C(=O)OC)c1.COC(=O)c1cccc(C(=O)OC)c1C(=O)OC. The zero-order valence-corrected chi connectivity index (χ0v) is 64.1. The predicted molar refractivity (Wildman–Crippen MR) is 366 cm³/mol. The van der Waals surface area contributed by atoms with Crippen LogP contribution >= 0.6 is 0 Å². The minimum absolute atomic E-state index is 0.0250. The number of imide groups is 3. The molecule has 107 heavy (non-hydrogen) atoms. The van der Waals surface area contributed by atoms with Crippen LogP contribution in [-0.4, -0.2) is 241 Å². The van der Waals surface area contributed by atoms with E-state index in [1.165, 1.54) is 154 Å². The predicted octanol–water partition coefficient (Wildman–Crippen LogP) is 7.10. The Balaban J connectivity index is -0.000000587. The summed E-state index contributed by atoms with van der Waals surface area (Å²) >= 11 is 0. The molecule has 2 aliphatic rings. The van der Waals surface area contributed by atoms with Crippen molar-refractivity contribution in [2.75, 3.05) is 128 Å². The zero-order valence-electron chi connectivity index (χ0n) is 64.1. The Morgan fingerprint density at radius 1 is 0.262 bits per heavy atom. The molecule has 0 saturated heterocycles. The van der Waals surface area contributed by atoms with Gasteiger partial charge in [-0.25, -0.2) is 57.5 Å². The number of carbonyl (C=O) groups is 18. The van der Waals surface area contributed by atoms with Crippen LogP contribution < -0.4 is 0 Å². The highest BCUT2D eigenvalue weighted by molar-refractivity contribution is 6.11. The highest BCUT2D eigenvalue weighted by Crippen LogP contribution is 2.40. The highest BCUT2D eigenvalue weighted by Gasteiger charge is 2.50. The molecule has 3 amide bonds. The molecule has 0 aromatic heterocycles. The van der Waals surface area contributed by atoms with E-state index in [1.54, 1.807) is 0 Å². The fourth-order valence-corrected chi connectivity index (χ4v) is 9.14. The third-order valence-corrected chi connectivity index (χ3v) is 14.0. The molecule has 37 nitrogen and oxygen atoms in total. The van der Waals surface area contributed by atoms with Crippen LogP contribution in [0.4, 0.5) is 14.4 Å². The van der Waals surface area contributed by atoms with E-state index in [0.29, 0.717) is 12.8 Å². The number of amides is 3. The van der Waals surface area contributed by atoms with Gasteiger partial charge in [0, 0.05) is 0 Å². The maximum atomic E-state index is 11.7. The number of nitrogens with zero attached hydrogens (tertiary/aromatic N) is 1. The molecule has 596 valence electrons. The van der Waals surface area contributed by atoms with Crippen molar-refractivity contribution in [2.24, 2.45) is 35.5 Å². The Bertz CT molecular complexity index is 3250. The Hall–Kier alpha value is -12.1. The number of benzene rings is 3. The van der Waals surface area contributed by atoms with Crippen LogP contribution in [0.3, 0.4) is 0 Å². The zero-order chi connectivity index (χ0) is 83.6. The van der Waals surface area contributed by atoms with Crippen LogP contribution in [0.1, 0.15) is 160 Å². The van der Waals surface area contributed by atoms with E-state index in [4.69, 9.17) is 0 Å². The van der Waals surface area contributed by atoms with Gasteiger partial charge in [-0.1, -0.05) is 47.6 Å². The topological polar surface area (TPSA) is 477 Å². The molecule has 0 N–H and O–H groups in total. The number of ether oxygens (including phenoxy) is 18. The second-order valence-corrected chi connectivity index (χ2v) is 19.3. The van der Waals surface area contributed by atoms with Gasteiger partial charge < -0.3 is 85.3 Å². The smallest absolute Gasteiger partial charge is 0.428 e. The fraction of sp³-hybridized carbons (Fsp3) is 0.486. The number of esters is 15. The van der Waals surface area contributed by atoms with Gasteiger partial charge in [0.15, 0.2) is 0 Å². The maximum absolute atomic E-state index is 11.7. The molecule has 0 spiro atoms. The summed E-state index contributed by atoms with van der Waals surface area (Å²) in [6.45, 7) is 12.0. The Labute approximate surface area is 617 Å². The second-order valence-electron chi connectivity index (χ2n) is 19.3. The third kappa shape index (κ3) is 31.0. The van der Waals surface area contributed by atoms with E-state index in [9.17, 15) is 86.3 Å². The highest BCUT2D eigenvalue weighted by atomic mass is 16.6. The van der Waals surface area contributed by atoms with Crippen LogP contribution in [0.25, 0.3) is 0 Å². The molecule has 2 aliphatic carbocycles. The van der Waals surface area contributed by atoms with Gasteiger partial charge in [0.05, 0.1) is 214 Å². The van der Waals surface area contributed by atoms with Gasteiger partial charge in [-0.2, -0.15) is 0 Å². The first kappa shape index (κ1) is 101. The fourth-order valence-electron chi connectivity index (χ4n) is 9.14. The van der Waals surface area contributed by atoms with Gasteiger partial charge in [-0.3, -0.25) is 28.8 Å². The molecule has 4 atom stereocenters.